The molecule has 590 valence electrons. The highest BCUT2D eigenvalue weighted by atomic mass is 16.7. The Labute approximate surface area is 604 Å². The number of cyclic esters (lactones) is 1. The van der Waals surface area contributed by atoms with Crippen LogP contribution in [0.1, 0.15) is 30.0 Å². The maximum atomic E-state index is 13.5. The molecule has 2 aromatic heterocycles. The van der Waals surface area contributed by atoms with Gasteiger partial charge in [0.1, 0.15) is 19.0 Å². The second-order valence-corrected chi connectivity index (χ2v) is 22.2. The van der Waals surface area contributed by atoms with Gasteiger partial charge < -0.3 is 138 Å². The van der Waals surface area contributed by atoms with Crippen LogP contribution in [-0.4, -0.2) is 351 Å². The summed E-state index contributed by atoms with van der Waals surface area (Å²) in [5.41, 5.74) is 0.670. The minimum Gasteiger partial charge on any atom is -0.458 e. The Bertz CT molecular complexity index is 2650. The van der Waals surface area contributed by atoms with Crippen LogP contribution >= 0.6 is 0 Å². The Hall–Kier alpha value is -4.68. The number of aromatic nitrogens is 2. The fourth-order valence-corrected chi connectivity index (χ4v) is 9.42. The van der Waals surface area contributed by atoms with E-state index in [1.54, 1.807) is 42.9 Å². The number of hydrogen-bond donors (Lipinski definition) is 1. The van der Waals surface area contributed by atoms with Crippen molar-refractivity contribution in [3.05, 3.63) is 57.4 Å². The van der Waals surface area contributed by atoms with Crippen LogP contribution in [0.4, 0.5) is 4.79 Å². The maximum Gasteiger partial charge on any atom is 0.513 e. The Kier molecular flexibility index (Phi) is 53.0. The largest absolute Gasteiger partial charge is 0.513 e. The number of esters is 1. The number of carbonyl (C=O) groups is 2. The van der Waals surface area contributed by atoms with Crippen LogP contribution in [0.25, 0.3) is 22.3 Å². The fraction of sp³-hybridized carbons (Fsp3) is 0.771. The van der Waals surface area contributed by atoms with E-state index in [2.05, 4.69) is 0 Å². The van der Waals surface area contributed by atoms with Crippen molar-refractivity contribution in [2.75, 3.05) is 324 Å². The van der Waals surface area contributed by atoms with Gasteiger partial charge in [0.05, 0.1) is 340 Å². The summed E-state index contributed by atoms with van der Waals surface area (Å²) in [6.07, 6.45) is -0.840. The SMILES string of the molecule is CC[C@@]1(O)C(=O)OCc2c1cc1n(c2=O)Cc2cc3cc(OC(=O)OCCOCCOCCOCCOCCOCCOCCOCCOCCOCCOCCOCCOCCOCCOCCOCCOCCOCCOCCOCCOCCOCCOCCOCCOC)ccc3nc2-1. The predicted molar refractivity (Wildman–Crippen MR) is 367 cm³/mol. The first kappa shape index (κ1) is 88.9. The van der Waals surface area contributed by atoms with Crippen LogP contribution < -0.4 is 10.3 Å². The van der Waals surface area contributed by atoms with Crippen molar-refractivity contribution in [2.45, 2.75) is 32.1 Å². The summed E-state index contributed by atoms with van der Waals surface area (Å²) in [5, 5.41) is 11.8. The highest BCUT2D eigenvalue weighted by Gasteiger charge is 2.45. The Morgan fingerprint density at radius 3 is 1.00 bits per heavy atom. The van der Waals surface area contributed by atoms with Crippen molar-refractivity contribution in [1.82, 2.24) is 9.55 Å². The number of benzene rings is 1. The maximum absolute atomic E-state index is 13.5. The van der Waals surface area contributed by atoms with E-state index < -0.39 is 17.7 Å². The summed E-state index contributed by atoms with van der Waals surface area (Å²) >= 11 is 0. The highest BCUT2D eigenvalue weighted by molar-refractivity contribution is 5.87. The third-order valence-corrected chi connectivity index (χ3v) is 14.7. The lowest BCUT2D eigenvalue weighted by molar-refractivity contribution is -0.172. The number of ether oxygens (including phenoxy) is 27. The second kappa shape index (κ2) is 61.3. The van der Waals surface area contributed by atoms with Crippen LogP contribution in [0.15, 0.2) is 35.1 Å². The lowest BCUT2D eigenvalue weighted by Crippen LogP contribution is -2.44. The molecule has 0 saturated carbocycles. The number of carbonyl (C=O) groups excluding carboxylic acids is 2. The number of rotatable bonds is 74. The van der Waals surface area contributed by atoms with Crippen LogP contribution in [-0.2, 0) is 147 Å². The fourth-order valence-electron chi connectivity index (χ4n) is 9.42. The van der Waals surface area contributed by atoms with E-state index in [1.165, 1.54) is 0 Å². The standard InChI is InChI=1S/C70H114N2O31/c1-3-70(76)63-56-65-66-60(57-72(65)67(73)62(63)58-102-68(70)74)54-59-55-61(4-5-64(59)71-66)103-69(75)101-53-52-100-51-50-99-49-48-98-47-46-97-45-44-96-43-42-95-41-40-94-39-38-93-37-36-92-35-34-91-33-32-90-31-30-89-29-28-88-27-26-87-25-24-86-23-22-85-21-20-84-19-18-83-17-16-82-15-14-81-13-12-80-11-10-79-9-8-78-7-6-77-2/h4-5,54-56,76H,3,6-53,57-58H2,1-2H3/t70-/m0/s1. The van der Waals surface area contributed by atoms with Crippen molar-refractivity contribution >= 4 is 23.0 Å². The molecule has 2 aliphatic rings. The molecule has 33 nitrogen and oxygen atoms in total. The molecule has 4 heterocycles. The van der Waals surface area contributed by atoms with E-state index >= 15 is 0 Å². The van der Waals surface area contributed by atoms with Gasteiger partial charge in [0.15, 0.2) is 5.60 Å². The number of fused-ring (bicyclic) bond motifs is 5. The molecule has 0 fully saturated rings. The summed E-state index contributed by atoms with van der Waals surface area (Å²) in [5.74, 6) is -0.528. The van der Waals surface area contributed by atoms with E-state index in [1.807, 2.05) is 6.07 Å². The summed E-state index contributed by atoms with van der Waals surface area (Å²) in [7, 11) is 1.64. The zero-order chi connectivity index (χ0) is 72.8. The minimum absolute atomic E-state index is 0.0210. The van der Waals surface area contributed by atoms with Crippen molar-refractivity contribution in [3.63, 3.8) is 0 Å². The molecule has 3 aromatic rings. The molecule has 0 spiro atoms. The molecule has 0 amide bonds. The van der Waals surface area contributed by atoms with Gasteiger partial charge in [0, 0.05) is 23.6 Å². The monoisotopic (exact) mass is 1480 g/mol. The molecular formula is C70H114N2O31. The third kappa shape index (κ3) is 41.3. The third-order valence-electron chi connectivity index (χ3n) is 14.7. The van der Waals surface area contributed by atoms with E-state index in [4.69, 9.17) is 133 Å². The Balaban J connectivity index is 0.628. The molecular weight excluding hydrogens is 1360 g/mol. The summed E-state index contributed by atoms with van der Waals surface area (Å²) < 4.78 is 149. The topological polar surface area (TPSA) is 338 Å². The molecule has 5 rings (SSSR count). The van der Waals surface area contributed by atoms with Gasteiger partial charge in [-0.1, -0.05) is 6.92 Å². The van der Waals surface area contributed by atoms with Crippen LogP contribution in [0.3, 0.4) is 0 Å². The number of methoxy groups -OCH3 is 1. The van der Waals surface area contributed by atoms with E-state index in [0.717, 1.165) is 5.56 Å². The predicted octanol–water partition coefficient (Wildman–Crippen LogP) is 2.62. The van der Waals surface area contributed by atoms with E-state index in [0.29, 0.717) is 326 Å². The zero-order valence-electron chi connectivity index (χ0n) is 60.5. The molecule has 0 unspecified atom stereocenters. The first-order valence-electron chi connectivity index (χ1n) is 35.6. The molecule has 103 heavy (non-hydrogen) atoms. The Morgan fingerprint density at radius 2 is 0.709 bits per heavy atom. The van der Waals surface area contributed by atoms with Gasteiger partial charge in [-0.3, -0.25) is 4.79 Å². The molecule has 0 aliphatic carbocycles. The lowest BCUT2D eigenvalue weighted by atomic mass is 9.86. The quantitative estimate of drug-likeness (QED) is 0.0377. The van der Waals surface area contributed by atoms with Gasteiger partial charge in [-0.2, -0.15) is 0 Å². The molecule has 33 heteroatoms. The number of nitrogens with zero attached hydrogens (tertiary/aromatic N) is 2. The van der Waals surface area contributed by atoms with Crippen molar-refractivity contribution in [2.24, 2.45) is 0 Å². The van der Waals surface area contributed by atoms with Gasteiger partial charge in [0.25, 0.3) is 5.56 Å². The molecule has 0 saturated heterocycles. The summed E-state index contributed by atoms with van der Waals surface area (Å²) in [6, 6.07) is 8.46. The first-order valence-corrected chi connectivity index (χ1v) is 35.6. The van der Waals surface area contributed by atoms with Gasteiger partial charge >= 0.3 is 12.1 Å². The van der Waals surface area contributed by atoms with Crippen molar-refractivity contribution in [1.29, 1.82) is 0 Å². The van der Waals surface area contributed by atoms with Crippen LogP contribution in [0, 0.1) is 0 Å². The van der Waals surface area contributed by atoms with Gasteiger partial charge in [-0.25, -0.2) is 14.6 Å². The van der Waals surface area contributed by atoms with Crippen LogP contribution in [0.2, 0.25) is 0 Å². The average molecular weight is 1480 g/mol. The smallest absolute Gasteiger partial charge is 0.458 e. The molecule has 0 bridgehead atoms. The lowest BCUT2D eigenvalue weighted by Gasteiger charge is -2.31. The number of hydrogen-bond acceptors (Lipinski definition) is 32. The van der Waals surface area contributed by atoms with Gasteiger partial charge in [0.2, 0.25) is 0 Å². The van der Waals surface area contributed by atoms with Crippen molar-refractivity contribution in [3.8, 4) is 17.1 Å². The average Bonchev–Trinajstić information content (AvgIpc) is 1.64. The summed E-state index contributed by atoms with van der Waals surface area (Å²) in [4.78, 5) is 43.1. The first-order chi connectivity index (χ1) is 50.9. The normalized spacial score (nSPS) is 14.0. The number of aliphatic hydroxyl groups is 1. The molecule has 1 atom stereocenters. The molecule has 1 N–H and O–H groups in total. The van der Waals surface area contributed by atoms with Gasteiger partial charge in [-0.15, -0.1) is 0 Å². The second-order valence-electron chi connectivity index (χ2n) is 22.2. The van der Waals surface area contributed by atoms with Crippen LogP contribution in [0.5, 0.6) is 5.75 Å². The number of pyridine rings is 2. The molecule has 1 aromatic carbocycles. The van der Waals surface area contributed by atoms with Gasteiger partial charge in [-0.05, 0) is 36.8 Å². The highest BCUT2D eigenvalue weighted by Crippen LogP contribution is 2.39. The van der Waals surface area contributed by atoms with E-state index in [-0.39, 0.29) is 55.2 Å². The molecule has 0 radical (unpaired) electrons. The summed E-state index contributed by atoms with van der Waals surface area (Å²) in [6.45, 7) is 23.5. The van der Waals surface area contributed by atoms with E-state index in [9.17, 15) is 19.5 Å². The Morgan fingerprint density at radius 1 is 0.417 bits per heavy atom. The zero-order valence-corrected chi connectivity index (χ0v) is 60.5. The minimum atomic E-state index is -1.91. The van der Waals surface area contributed by atoms with Crippen molar-refractivity contribution < 1.29 is 143 Å². The molecule has 2 aliphatic heterocycles.